The fourth-order valence-electron chi connectivity index (χ4n) is 3.31. The normalized spacial score (nSPS) is 13.3. The van der Waals surface area contributed by atoms with E-state index >= 15 is 0 Å². The van der Waals surface area contributed by atoms with Gasteiger partial charge in [-0.15, -0.1) is 0 Å². The number of hydrogen-bond acceptors (Lipinski definition) is 4. The van der Waals surface area contributed by atoms with Crippen LogP contribution in [0.1, 0.15) is 0 Å². The van der Waals surface area contributed by atoms with Gasteiger partial charge in [0.1, 0.15) is 18.9 Å². The van der Waals surface area contributed by atoms with Crippen LogP contribution in [0.2, 0.25) is 0 Å². The molecule has 1 aliphatic rings. The van der Waals surface area contributed by atoms with Crippen molar-refractivity contribution in [3.05, 3.63) is 84.7 Å². The lowest BCUT2D eigenvalue weighted by atomic mass is 10.2. The molecule has 0 bridgehead atoms. The van der Waals surface area contributed by atoms with Gasteiger partial charge in [-0.25, -0.2) is 12.8 Å². The van der Waals surface area contributed by atoms with Gasteiger partial charge >= 0.3 is 0 Å². The van der Waals surface area contributed by atoms with Crippen molar-refractivity contribution in [2.75, 3.05) is 27.6 Å². The number of rotatable bonds is 5. The predicted octanol–water partition coefficient (Wildman–Crippen LogP) is 3.01. The lowest BCUT2D eigenvalue weighted by Crippen LogP contribution is -2.48. The molecular weight excluding hydrogens is 421 g/mol. The fourth-order valence-corrected chi connectivity index (χ4v) is 4.74. The average Bonchev–Trinajstić information content (AvgIpc) is 2.78. The molecule has 0 saturated heterocycles. The summed E-state index contributed by atoms with van der Waals surface area (Å²) in [5, 5.41) is 2.69. The Balaban J connectivity index is 1.73. The van der Waals surface area contributed by atoms with Crippen molar-refractivity contribution in [1.29, 1.82) is 0 Å². The largest absolute Gasteiger partial charge is 0.323 e. The highest BCUT2D eigenvalue weighted by Gasteiger charge is 2.32. The molecule has 0 aromatic heterocycles. The smallest absolute Gasteiger partial charge is 0.264 e. The Labute approximate surface area is 178 Å². The number of amides is 2. The topological polar surface area (TPSA) is 86.8 Å². The van der Waals surface area contributed by atoms with Crippen LogP contribution in [0.15, 0.2) is 83.8 Å². The van der Waals surface area contributed by atoms with Gasteiger partial charge in [0.25, 0.3) is 10.0 Å². The molecule has 0 unspecified atom stereocenters. The summed E-state index contributed by atoms with van der Waals surface area (Å²) in [4.78, 5) is 26.5. The van der Waals surface area contributed by atoms with Crippen LogP contribution in [-0.4, -0.2) is 33.3 Å². The maximum Gasteiger partial charge on any atom is 0.264 e. The average molecular weight is 439 g/mol. The van der Waals surface area contributed by atoms with Crippen LogP contribution in [0.3, 0.4) is 0 Å². The standard InChI is InChI=1S/C22H18FN3O4S/c23-16-10-12-17(13-11-16)26(31(29,30)18-6-2-1-3-7-18)15-22(28)25-14-21(27)24-19-8-4-5-9-20(19)25/h1-13H,14-15H2,(H,24,27). The van der Waals surface area contributed by atoms with Crippen LogP contribution >= 0.6 is 0 Å². The molecule has 0 fully saturated rings. The van der Waals surface area contributed by atoms with Crippen molar-refractivity contribution >= 4 is 38.9 Å². The first kappa shape index (κ1) is 20.5. The monoisotopic (exact) mass is 439 g/mol. The molecule has 158 valence electrons. The van der Waals surface area contributed by atoms with E-state index in [4.69, 9.17) is 0 Å². The molecule has 0 saturated carbocycles. The number of nitrogens with one attached hydrogen (secondary N) is 1. The quantitative estimate of drug-likeness (QED) is 0.662. The number of sulfonamides is 1. The van der Waals surface area contributed by atoms with Crippen LogP contribution in [0.5, 0.6) is 0 Å². The van der Waals surface area contributed by atoms with E-state index in [0.29, 0.717) is 11.4 Å². The number of hydrogen-bond donors (Lipinski definition) is 1. The molecule has 7 nitrogen and oxygen atoms in total. The molecule has 1 heterocycles. The zero-order valence-electron chi connectivity index (χ0n) is 16.2. The number of carbonyl (C=O) groups excluding carboxylic acids is 2. The Hall–Kier alpha value is -3.72. The van der Waals surface area contributed by atoms with E-state index in [1.54, 1.807) is 42.5 Å². The van der Waals surface area contributed by atoms with Crippen LogP contribution in [0.25, 0.3) is 0 Å². The Bertz CT molecular complexity index is 1230. The summed E-state index contributed by atoms with van der Waals surface area (Å²) in [7, 11) is -4.13. The van der Waals surface area contributed by atoms with Gasteiger partial charge in [0.05, 0.1) is 22.0 Å². The minimum Gasteiger partial charge on any atom is -0.323 e. The number of fused-ring (bicyclic) bond motifs is 1. The van der Waals surface area contributed by atoms with Gasteiger partial charge in [-0.05, 0) is 48.5 Å². The second kappa shape index (κ2) is 8.19. The zero-order valence-corrected chi connectivity index (χ0v) is 17.0. The molecule has 4 rings (SSSR count). The molecule has 3 aromatic rings. The maximum absolute atomic E-state index is 13.4. The molecule has 0 radical (unpaired) electrons. The summed E-state index contributed by atoms with van der Waals surface area (Å²) in [6, 6.07) is 19.2. The van der Waals surface area contributed by atoms with Gasteiger partial charge < -0.3 is 5.32 Å². The number of anilines is 3. The second-order valence-electron chi connectivity index (χ2n) is 6.85. The number of nitrogens with zero attached hydrogens (tertiary/aromatic N) is 2. The van der Waals surface area contributed by atoms with Crippen LogP contribution < -0.4 is 14.5 Å². The highest BCUT2D eigenvalue weighted by atomic mass is 32.2. The fraction of sp³-hybridized carbons (Fsp3) is 0.0909. The molecule has 1 aliphatic heterocycles. The van der Waals surface area contributed by atoms with Gasteiger partial charge in [-0.1, -0.05) is 30.3 Å². The van der Waals surface area contributed by atoms with E-state index in [9.17, 15) is 22.4 Å². The predicted molar refractivity (Wildman–Crippen MR) is 115 cm³/mol. The lowest BCUT2D eigenvalue weighted by Gasteiger charge is -2.31. The van der Waals surface area contributed by atoms with E-state index in [1.807, 2.05) is 0 Å². The summed E-state index contributed by atoms with van der Waals surface area (Å²) in [5.74, 6) is -1.51. The first-order chi connectivity index (χ1) is 14.9. The van der Waals surface area contributed by atoms with Crippen LogP contribution in [0, 0.1) is 5.82 Å². The van der Waals surface area contributed by atoms with Gasteiger partial charge in [0.15, 0.2) is 0 Å². The Kier molecular flexibility index (Phi) is 5.43. The molecule has 31 heavy (non-hydrogen) atoms. The van der Waals surface area contributed by atoms with Crippen LogP contribution in [0.4, 0.5) is 21.5 Å². The molecule has 3 aromatic carbocycles. The summed E-state index contributed by atoms with van der Waals surface area (Å²) >= 11 is 0. The molecule has 0 atom stereocenters. The number of carbonyl (C=O) groups is 2. The summed E-state index contributed by atoms with van der Waals surface area (Å²) < 4.78 is 41.0. The van der Waals surface area contributed by atoms with Crippen molar-refractivity contribution in [2.24, 2.45) is 0 Å². The molecule has 0 aliphatic carbocycles. The second-order valence-corrected chi connectivity index (χ2v) is 8.71. The van der Waals surface area contributed by atoms with Crippen molar-refractivity contribution in [1.82, 2.24) is 0 Å². The third kappa shape index (κ3) is 4.13. The third-order valence-electron chi connectivity index (χ3n) is 4.80. The number of para-hydroxylation sites is 2. The Morgan fingerprint density at radius 1 is 0.968 bits per heavy atom. The lowest BCUT2D eigenvalue weighted by molar-refractivity contribution is -0.121. The van der Waals surface area contributed by atoms with Crippen molar-refractivity contribution in [3.8, 4) is 0 Å². The minimum atomic E-state index is -4.13. The highest BCUT2D eigenvalue weighted by Crippen LogP contribution is 2.30. The van der Waals surface area contributed by atoms with E-state index in [0.717, 1.165) is 16.4 Å². The summed E-state index contributed by atoms with van der Waals surface area (Å²) in [6.45, 7) is -0.803. The van der Waals surface area contributed by atoms with E-state index in [-0.39, 0.29) is 23.0 Å². The van der Waals surface area contributed by atoms with Crippen LogP contribution in [-0.2, 0) is 19.6 Å². The highest BCUT2D eigenvalue weighted by molar-refractivity contribution is 7.92. The zero-order chi connectivity index (χ0) is 22.0. The van der Waals surface area contributed by atoms with E-state index < -0.39 is 28.3 Å². The van der Waals surface area contributed by atoms with E-state index in [1.165, 1.54) is 29.2 Å². The minimum absolute atomic E-state index is 0.0103. The molecular formula is C22H18FN3O4S. The molecule has 9 heteroatoms. The van der Waals surface area contributed by atoms with Gasteiger partial charge in [0.2, 0.25) is 11.8 Å². The van der Waals surface area contributed by atoms with Crippen molar-refractivity contribution in [2.45, 2.75) is 4.90 Å². The number of halogens is 1. The van der Waals surface area contributed by atoms with Crippen molar-refractivity contribution < 1.29 is 22.4 Å². The van der Waals surface area contributed by atoms with E-state index in [2.05, 4.69) is 5.32 Å². The number of benzene rings is 3. The molecule has 1 N–H and O–H groups in total. The Morgan fingerprint density at radius 2 is 1.61 bits per heavy atom. The molecule has 2 amide bonds. The van der Waals surface area contributed by atoms with Crippen molar-refractivity contribution in [3.63, 3.8) is 0 Å². The maximum atomic E-state index is 13.4. The first-order valence-corrected chi connectivity index (χ1v) is 10.8. The first-order valence-electron chi connectivity index (χ1n) is 9.39. The third-order valence-corrected chi connectivity index (χ3v) is 6.58. The van der Waals surface area contributed by atoms with Gasteiger partial charge in [-0.3, -0.25) is 18.8 Å². The molecule has 0 spiro atoms. The SMILES string of the molecule is O=C1CN(C(=O)CN(c2ccc(F)cc2)S(=O)(=O)c2ccccc2)c2ccccc2N1. The van der Waals surface area contributed by atoms with Gasteiger partial charge in [0, 0.05) is 0 Å². The summed E-state index contributed by atoms with van der Waals surface area (Å²) in [6.07, 6.45) is 0. The van der Waals surface area contributed by atoms with Gasteiger partial charge in [-0.2, -0.15) is 0 Å². The summed E-state index contributed by atoms with van der Waals surface area (Å²) in [5.41, 5.74) is 1.07. The Morgan fingerprint density at radius 3 is 2.32 bits per heavy atom.